The molecule has 1 rings (SSSR count). The predicted molar refractivity (Wildman–Crippen MR) is 70.4 cm³/mol. The van der Waals surface area contributed by atoms with Crippen LogP contribution in [0.5, 0.6) is 5.75 Å². The third-order valence-corrected chi connectivity index (χ3v) is 2.50. The van der Waals surface area contributed by atoms with Crippen LogP contribution in [0.4, 0.5) is 4.79 Å². The lowest BCUT2D eigenvalue weighted by Crippen LogP contribution is -2.30. The van der Waals surface area contributed by atoms with E-state index >= 15 is 0 Å². The van der Waals surface area contributed by atoms with Crippen molar-refractivity contribution in [3.63, 3.8) is 0 Å². The molecule has 0 radical (unpaired) electrons. The van der Waals surface area contributed by atoms with Gasteiger partial charge in [0.25, 0.3) is 0 Å². The Morgan fingerprint density at radius 1 is 1.26 bits per heavy atom. The maximum Gasteiger partial charge on any atom is 0.404 e. The zero-order valence-electron chi connectivity index (χ0n) is 10.8. The highest BCUT2D eigenvalue weighted by Gasteiger charge is 2.02. The molecule has 1 aromatic carbocycles. The van der Waals surface area contributed by atoms with Crippen LogP contribution in [0, 0.1) is 0 Å². The largest absolute Gasteiger partial charge is 0.497 e. The van der Waals surface area contributed by atoms with Gasteiger partial charge >= 0.3 is 6.09 Å². The van der Waals surface area contributed by atoms with Gasteiger partial charge < -0.3 is 20.5 Å². The number of hydrogen-bond donors (Lipinski definition) is 3. The molecule has 104 valence electrons. The monoisotopic (exact) mass is 266 g/mol. The van der Waals surface area contributed by atoms with Gasteiger partial charge in [-0.15, -0.1) is 0 Å². The smallest absolute Gasteiger partial charge is 0.404 e. The number of ether oxygens (including phenoxy) is 1. The fourth-order valence-electron chi connectivity index (χ4n) is 1.55. The van der Waals surface area contributed by atoms with Crippen LogP contribution in [0.1, 0.15) is 12.0 Å². The Bertz CT molecular complexity index is 434. The van der Waals surface area contributed by atoms with Gasteiger partial charge in [-0.05, 0) is 24.1 Å². The fraction of sp³-hybridized carbons (Fsp3) is 0.385. The number of nitrogens with one attached hydrogen (secondary N) is 2. The standard InChI is InChI=1S/C13H18N2O4/c1-19-11-4-2-3-10(9-11)5-7-14-12(16)6-8-15-13(17)18/h2-4,9,15H,5-8H2,1H3,(H,14,16)(H,17,18). The van der Waals surface area contributed by atoms with E-state index < -0.39 is 6.09 Å². The molecule has 6 heteroatoms. The van der Waals surface area contributed by atoms with Crippen molar-refractivity contribution >= 4 is 12.0 Å². The molecular formula is C13H18N2O4. The molecule has 0 aliphatic rings. The van der Waals surface area contributed by atoms with E-state index in [1.165, 1.54) is 0 Å². The number of amides is 2. The normalized spacial score (nSPS) is 9.74. The zero-order valence-corrected chi connectivity index (χ0v) is 10.8. The van der Waals surface area contributed by atoms with Crippen LogP contribution in [0.15, 0.2) is 24.3 Å². The van der Waals surface area contributed by atoms with Crippen molar-refractivity contribution in [2.45, 2.75) is 12.8 Å². The van der Waals surface area contributed by atoms with Gasteiger partial charge in [-0.25, -0.2) is 4.79 Å². The Kier molecular flexibility index (Phi) is 6.21. The predicted octanol–water partition coefficient (Wildman–Crippen LogP) is 1.01. The number of rotatable bonds is 7. The molecule has 0 saturated heterocycles. The maximum atomic E-state index is 11.4. The van der Waals surface area contributed by atoms with Crippen molar-refractivity contribution in [3.8, 4) is 5.75 Å². The van der Waals surface area contributed by atoms with E-state index in [4.69, 9.17) is 9.84 Å². The SMILES string of the molecule is COc1cccc(CCNC(=O)CCNC(=O)O)c1. The molecule has 0 spiro atoms. The Balaban J connectivity index is 2.22. The lowest BCUT2D eigenvalue weighted by Gasteiger charge is -2.06. The van der Waals surface area contributed by atoms with Gasteiger partial charge in [0.2, 0.25) is 5.91 Å². The van der Waals surface area contributed by atoms with Gasteiger partial charge in [0.1, 0.15) is 5.75 Å². The summed E-state index contributed by atoms with van der Waals surface area (Å²) in [7, 11) is 1.61. The first kappa shape index (κ1) is 14.8. The molecule has 0 atom stereocenters. The topological polar surface area (TPSA) is 87.7 Å². The van der Waals surface area contributed by atoms with E-state index in [0.29, 0.717) is 13.0 Å². The number of methoxy groups -OCH3 is 1. The molecule has 6 nitrogen and oxygen atoms in total. The lowest BCUT2D eigenvalue weighted by molar-refractivity contribution is -0.120. The third-order valence-electron chi connectivity index (χ3n) is 2.50. The molecule has 0 aliphatic heterocycles. The highest BCUT2D eigenvalue weighted by atomic mass is 16.5. The summed E-state index contributed by atoms with van der Waals surface area (Å²) in [5, 5.41) is 13.2. The van der Waals surface area contributed by atoms with Crippen molar-refractivity contribution in [3.05, 3.63) is 29.8 Å². The maximum absolute atomic E-state index is 11.4. The minimum absolute atomic E-state index is 0.125. The zero-order chi connectivity index (χ0) is 14.1. The summed E-state index contributed by atoms with van der Waals surface area (Å²) in [4.78, 5) is 21.6. The molecule has 0 bridgehead atoms. The van der Waals surface area contributed by atoms with Crippen LogP contribution < -0.4 is 15.4 Å². The second-order valence-corrected chi connectivity index (χ2v) is 3.93. The molecule has 0 unspecified atom stereocenters. The molecule has 19 heavy (non-hydrogen) atoms. The molecule has 2 amide bonds. The Morgan fingerprint density at radius 3 is 2.74 bits per heavy atom. The van der Waals surface area contributed by atoms with Crippen molar-refractivity contribution < 1.29 is 19.4 Å². The van der Waals surface area contributed by atoms with E-state index in [-0.39, 0.29) is 18.9 Å². The summed E-state index contributed by atoms with van der Waals surface area (Å²) in [6.07, 6.45) is -0.274. The van der Waals surface area contributed by atoms with Crippen molar-refractivity contribution in [1.82, 2.24) is 10.6 Å². The number of carbonyl (C=O) groups is 2. The first-order valence-corrected chi connectivity index (χ1v) is 5.98. The number of carbonyl (C=O) groups excluding carboxylic acids is 1. The summed E-state index contributed by atoms with van der Waals surface area (Å²) in [5.74, 6) is 0.617. The average molecular weight is 266 g/mol. The van der Waals surface area contributed by atoms with Gasteiger partial charge in [-0.3, -0.25) is 4.79 Å². The molecular weight excluding hydrogens is 248 g/mol. The van der Waals surface area contributed by atoms with Gasteiger partial charge in [-0.1, -0.05) is 12.1 Å². The lowest BCUT2D eigenvalue weighted by atomic mass is 10.1. The molecule has 0 fully saturated rings. The molecule has 1 aromatic rings. The highest BCUT2D eigenvalue weighted by Crippen LogP contribution is 2.12. The fourth-order valence-corrected chi connectivity index (χ4v) is 1.55. The summed E-state index contributed by atoms with van der Waals surface area (Å²) >= 11 is 0. The summed E-state index contributed by atoms with van der Waals surface area (Å²) < 4.78 is 5.11. The number of hydrogen-bond acceptors (Lipinski definition) is 3. The molecule has 0 saturated carbocycles. The third kappa shape index (κ3) is 6.30. The van der Waals surface area contributed by atoms with E-state index in [1.807, 2.05) is 24.3 Å². The van der Waals surface area contributed by atoms with Crippen LogP contribution in [0.25, 0.3) is 0 Å². The van der Waals surface area contributed by atoms with Crippen LogP contribution in [0.3, 0.4) is 0 Å². The number of benzene rings is 1. The Hall–Kier alpha value is -2.24. The minimum Gasteiger partial charge on any atom is -0.497 e. The molecule has 0 aliphatic carbocycles. The second-order valence-electron chi connectivity index (χ2n) is 3.93. The average Bonchev–Trinajstić information content (AvgIpc) is 2.38. The highest BCUT2D eigenvalue weighted by molar-refractivity contribution is 5.76. The first-order valence-electron chi connectivity index (χ1n) is 5.98. The summed E-state index contributed by atoms with van der Waals surface area (Å²) in [5.41, 5.74) is 1.07. The van der Waals surface area contributed by atoms with E-state index in [2.05, 4.69) is 10.6 Å². The second kappa shape index (κ2) is 7.97. The van der Waals surface area contributed by atoms with Gasteiger partial charge in [0.05, 0.1) is 7.11 Å². The quantitative estimate of drug-likeness (QED) is 0.687. The molecule has 3 N–H and O–H groups in total. The number of carboxylic acid groups (broad SMARTS) is 1. The van der Waals surface area contributed by atoms with E-state index in [1.54, 1.807) is 7.11 Å². The van der Waals surface area contributed by atoms with Crippen molar-refractivity contribution in [1.29, 1.82) is 0 Å². The van der Waals surface area contributed by atoms with Crippen LogP contribution in [-0.4, -0.2) is 37.3 Å². The molecule has 0 aromatic heterocycles. The Morgan fingerprint density at radius 2 is 2.05 bits per heavy atom. The minimum atomic E-state index is -1.12. The van der Waals surface area contributed by atoms with Crippen molar-refractivity contribution in [2.75, 3.05) is 20.2 Å². The molecule has 0 heterocycles. The Labute approximate surface area is 111 Å². The van der Waals surface area contributed by atoms with Gasteiger partial charge in [0.15, 0.2) is 0 Å². The summed E-state index contributed by atoms with van der Waals surface area (Å²) in [6, 6.07) is 7.63. The first-order chi connectivity index (χ1) is 9.11. The van der Waals surface area contributed by atoms with Crippen LogP contribution >= 0.6 is 0 Å². The van der Waals surface area contributed by atoms with Crippen molar-refractivity contribution in [2.24, 2.45) is 0 Å². The van der Waals surface area contributed by atoms with Crippen LogP contribution in [0.2, 0.25) is 0 Å². The van der Waals surface area contributed by atoms with Gasteiger partial charge in [-0.2, -0.15) is 0 Å². The van der Waals surface area contributed by atoms with Gasteiger partial charge in [0, 0.05) is 19.5 Å². The van der Waals surface area contributed by atoms with Crippen LogP contribution in [-0.2, 0) is 11.2 Å². The summed E-state index contributed by atoms with van der Waals surface area (Å²) in [6.45, 7) is 0.638. The van der Waals surface area contributed by atoms with E-state index in [0.717, 1.165) is 11.3 Å². The van der Waals surface area contributed by atoms with E-state index in [9.17, 15) is 9.59 Å².